The zero-order valence-electron chi connectivity index (χ0n) is 10.8. The first-order valence-electron chi connectivity index (χ1n) is 5.98. The predicted molar refractivity (Wildman–Crippen MR) is 80.9 cm³/mol. The van der Waals surface area contributed by atoms with Crippen molar-refractivity contribution in [1.82, 2.24) is 30.0 Å². The molecule has 22 heavy (non-hydrogen) atoms. The minimum atomic E-state index is -1.83. The first-order valence-corrected chi connectivity index (χ1v) is 7.11. The van der Waals surface area contributed by atoms with Gasteiger partial charge in [-0.05, 0) is 0 Å². The van der Waals surface area contributed by atoms with Crippen molar-refractivity contribution in [1.29, 1.82) is 0 Å². The maximum Gasteiger partial charge on any atom is 0.372 e. The number of benzene rings is 1. The number of halogens is 3. The lowest BCUT2D eigenvalue weighted by atomic mass is 10.1. The van der Waals surface area contributed by atoms with E-state index in [-0.39, 0.29) is 11.4 Å². The van der Waals surface area contributed by atoms with Crippen LogP contribution in [-0.4, -0.2) is 36.0 Å². The van der Waals surface area contributed by atoms with E-state index in [1.165, 1.54) is 12.4 Å². The Labute approximate surface area is 139 Å². The van der Waals surface area contributed by atoms with Crippen LogP contribution in [-0.2, 0) is 3.79 Å². The van der Waals surface area contributed by atoms with Gasteiger partial charge in [0.15, 0.2) is 0 Å². The molecule has 0 saturated carbocycles. The van der Waals surface area contributed by atoms with E-state index in [1.807, 2.05) is 6.07 Å². The topological polar surface area (TPSA) is 78.5 Å². The van der Waals surface area contributed by atoms with E-state index in [0.29, 0.717) is 5.56 Å². The molecule has 0 amide bonds. The number of hydrogen-bond acceptors (Lipinski definition) is 5. The first kappa shape index (κ1) is 15.0. The van der Waals surface area contributed by atoms with Gasteiger partial charge in [0, 0.05) is 5.56 Å². The van der Waals surface area contributed by atoms with E-state index in [0.717, 1.165) is 9.36 Å². The van der Waals surface area contributed by atoms with Gasteiger partial charge in [-0.1, -0.05) is 75.6 Å². The van der Waals surface area contributed by atoms with Crippen molar-refractivity contribution >= 4 is 40.8 Å². The van der Waals surface area contributed by atoms with Gasteiger partial charge in [0.25, 0.3) is 0 Å². The minimum absolute atomic E-state index is 0.0529. The second-order valence-electron chi connectivity index (χ2n) is 4.19. The molecule has 0 N–H and O–H groups in total. The zero-order chi connectivity index (χ0) is 15.7. The molecule has 0 aliphatic rings. The van der Waals surface area contributed by atoms with Crippen molar-refractivity contribution < 1.29 is 4.79 Å². The number of hydrogen-bond donors (Lipinski definition) is 0. The minimum Gasteiger partial charge on any atom is -0.243 e. The second-order valence-corrected chi connectivity index (χ2v) is 6.47. The maximum absolute atomic E-state index is 12.4. The summed E-state index contributed by atoms with van der Waals surface area (Å²) in [6.45, 7) is 0. The Kier molecular flexibility index (Phi) is 3.86. The number of carbonyl (C=O) groups is 1. The van der Waals surface area contributed by atoms with Crippen LogP contribution in [0.2, 0.25) is 0 Å². The van der Waals surface area contributed by atoms with Gasteiger partial charge in [-0.25, -0.2) is 4.79 Å². The fourth-order valence-electron chi connectivity index (χ4n) is 1.87. The van der Waals surface area contributed by atoms with Gasteiger partial charge in [0.1, 0.15) is 11.4 Å². The van der Waals surface area contributed by atoms with Crippen molar-refractivity contribution in [3.63, 3.8) is 0 Å². The molecule has 0 radical (unpaired) electrons. The molecule has 0 spiro atoms. The van der Waals surface area contributed by atoms with E-state index in [2.05, 4.69) is 20.6 Å². The molecule has 0 saturated heterocycles. The van der Waals surface area contributed by atoms with Crippen LogP contribution in [0, 0.1) is 0 Å². The Morgan fingerprint density at radius 1 is 1.09 bits per heavy atom. The third kappa shape index (κ3) is 2.70. The largest absolute Gasteiger partial charge is 0.372 e. The first-order chi connectivity index (χ1) is 10.5. The summed E-state index contributed by atoms with van der Waals surface area (Å²) in [6.07, 6.45) is 2.75. The molecule has 0 unspecified atom stereocenters. The molecule has 0 fully saturated rings. The lowest BCUT2D eigenvalue weighted by molar-refractivity contribution is 0.237. The smallest absolute Gasteiger partial charge is 0.243 e. The highest BCUT2D eigenvalue weighted by Crippen LogP contribution is 2.41. The SMILES string of the molecule is O=C(n1ccnn1)n1nnc(C(Cl)(Cl)Cl)c1-c1ccccc1. The number of carbonyl (C=O) groups excluding carboxylic acids is 1. The normalized spacial score (nSPS) is 11.6. The van der Waals surface area contributed by atoms with Gasteiger partial charge in [-0.15, -0.1) is 10.2 Å². The van der Waals surface area contributed by atoms with Crippen LogP contribution in [0.3, 0.4) is 0 Å². The van der Waals surface area contributed by atoms with Crippen molar-refractivity contribution in [2.75, 3.05) is 0 Å². The molecule has 2 heterocycles. The second kappa shape index (κ2) is 5.68. The summed E-state index contributed by atoms with van der Waals surface area (Å²) in [5, 5.41) is 14.8. The van der Waals surface area contributed by atoms with Crippen molar-refractivity contribution in [2.24, 2.45) is 0 Å². The van der Waals surface area contributed by atoms with Gasteiger partial charge in [0.05, 0.1) is 12.4 Å². The molecule has 112 valence electrons. The lowest BCUT2D eigenvalue weighted by Gasteiger charge is -2.11. The fraction of sp³-hybridized carbons (Fsp3) is 0.0833. The molecular weight excluding hydrogens is 351 g/mol. The van der Waals surface area contributed by atoms with Crippen LogP contribution in [0.15, 0.2) is 42.7 Å². The van der Waals surface area contributed by atoms with Crippen LogP contribution < -0.4 is 0 Å². The highest BCUT2D eigenvalue weighted by Gasteiger charge is 2.34. The average Bonchev–Trinajstić information content (AvgIpc) is 3.16. The van der Waals surface area contributed by atoms with E-state index >= 15 is 0 Å². The van der Waals surface area contributed by atoms with Gasteiger partial charge >= 0.3 is 6.03 Å². The summed E-state index contributed by atoms with van der Waals surface area (Å²) >= 11 is 17.8. The highest BCUT2D eigenvalue weighted by atomic mass is 35.6. The van der Waals surface area contributed by atoms with Gasteiger partial charge in [-0.3, -0.25) is 0 Å². The monoisotopic (exact) mass is 356 g/mol. The Hall–Kier alpha value is -1.96. The van der Waals surface area contributed by atoms with Crippen molar-refractivity contribution in [2.45, 2.75) is 3.79 Å². The van der Waals surface area contributed by atoms with Gasteiger partial charge < -0.3 is 0 Å². The van der Waals surface area contributed by atoms with Crippen molar-refractivity contribution in [3.8, 4) is 11.3 Å². The molecular formula is C12H7Cl3N6O. The van der Waals surface area contributed by atoms with Crippen LogP contribution in [0.5, 0.6) is 0 Å². The molecule has 7 nitrogen and oxygen atoms in total. The highest BCUT2D eigenvalue weighted by molar-refractivity contribution is 6.66. The Bertz CT molecular complexity index is 794. The number of rotatable bonds is 1. The lowest BCUT2D eigenvalue weighted by Crippen LogP contribution is -2.22. The van der Waals surface area contributed by atoms with E-state index in [1.54, 1.807) is 24.3 Å². The fourth-order valence-corrected chi connectivity index (χ4v) is 2.25. The summed E-state index contributed by atoms with van der Waals surface area (Å²) < 4.78 is 0.191. The average molecular weight is 358 g/mol. The van der Waals surface area contributed by atoms with Crippen LogP contribution in [0.4, 0.5) is 4.79 Å². The van der Waals surface area contributed by atoms with Crippen LogP contribution >= 0.6 is 34.8 Å². The molecule has 0 atom stereocenters. The Morgan fingerprint density at radius 3 is 2.41 bits per heavy atom. The summed E-state index contributed by atoms with van der Waals surface area (Å²) in [7, 11) is 0. The molecule has 0 bridgehead atoms. The summed E-state index contributed by atoms with van der Waals surface area (Å²) in [5.41, 5.74) is 0.959. The van der Waals surface area contributed by atoms with Gasteiger partial charge in [0.2, 0.25) is 3.79 Å². The molecule has 0 aliphatic carbocycles. The van der Waals surface area contributed by atoms with E-state index in [4.69, 9.17) is 34.8 Å². The molecule has 3 aromatic rings. The Morgan fingerprint density at radius 2 is 1.82 bits per heavy atom. The number of nitrogens with zero attached hydrogens (tertiary/aromatic N) is 6. The number of aromatic nitrogens is 6. The van der Waals surface area contributed by atoms with Crippen LogP contribution in [0.25, 0.3) is 11.3 Å². The molecule has 0 aliphatic heterocycles. The van der Waals surface area contributed by atoms with E-state index < -0.39 is 9.82 Å². The molecule has 2 aromatic heterocycles. The third-order valence-electron chi connectivity index (χ3n) is 2.79. The molecule has 1 aromatic carbocycles. The molecule has 3 rings (SSSR count). The summed E-state index contributed by atoms with van der Waals surface area (Å²) in [4.78, 5) is 12.4. The Balaban J connectivity index is 2.20. The number of alkyl halides is 3. The standard InChI is InChI=1S/C12H7Cl3N6O/c13-12(14,15)10-9(8-4-2-1-3-5-8)21(19-17-10)11(22)20-7-6-16-18-20/h1-7H. The summed E-state index contributed by atoms with van der Waals surface area (Å²) in [6, 6.07) is 8.31. The predicted octanol–water partition coefficient (Wildman–Crippen LogP) is 2.88. The van der Waals surface area contributed by atoms with Crippen LogP contribution in [0.1, 0.15) is 5.69 Å². The van der Waals surface area contributed by atoms with E-state index in [9.17, 15) is 4.79 Å². The zero-order valence-corrected chi connectivity index (χ0v) is 13.0. The summed E-state index contributed by atoms with van der Waals surface area (Å²) in [5.74, 6) is 0. The third-order valence-corrected chi connectivity index (χ3v) is 3.32. The maximum atomic E-state index is 12.4. The quantitative estimate of drug-likeness (QED) is 0.626. The molecule has 10 heteroatoms. The van der Waals surface area contributed by atoms with Gasteiger partial charge in [-0.2, -0.15) is 9.36 Å². The van der Waals surface area contributed by atoms with Crippen molar-refractivity contribution in [3.05, 3.63) is 48.4 Å².